The van der Waals surface area contributed by atoms with Crippen molar-refractivity contribution < 1.29 is 43.3 Å². The molecule has 3 aromatic rings. The zero-order chi connectivity index (χ0) is 27.5. The van der Waals surface area contributed by atoms with Crippen molar-refractivity contribution in [2.75, 3.05) is 31.6 Å². The molecule has 0 amide bonds. The number of ether oxygens (including phenoxy) is 1. The Morgan fingerprint density at radius 2 is 1.81 bits per heavy atom. The number of halogens is 2. The molecule has 0 radical (unpaired) electrons. The van der Waals surface area contributed by atoms with Crippen LogP contribution in [0.25, 0.3) is 11.0 Å². The third kappa shape index (κ3) is 7.69. The molecular formula is C19H25Cl2N5O9P2. The number of fused-ring (bicyclic) bond motifs is 1. The minimum Gasteiger partial charge on any atom is -0.386 e. The average molecular weight is 600 g/mol. The lowest BCUT2D eigenvalue weighted by molar-refractivity contribution is -0.117. The van der Waals surface area contributed by atoms with E-state index >= 15 is 0 Å². The second-order valence-corrected chi connectivity index (χ2v) is 12.7. The summed E-state index contributed by atoms with van der Waals surface area (Å²) in [7, 11) is -6.69. The summed E-state index contributed by atoms with van der Waals surface area (Å²) in [5.41, 5.74) is 0.887. The van der Waals surface area contributed by atoms with E-state index in [0.717, 1.165) is 17.4 Å². The topological polar surface area (TPSA) is 201 Å². The highest BCUT2D eigenvalue weighted by atomic mass is 35.5. The SMILES string of the molecule is CO[C@H](COP(=O)(O)CP(=O)(O)O)[C@@H](O)[C@@H](O)n1ncc2c(N(C)Cc3ccccc3Cl)nc(Cl)nc21. The Kier molecular flexibility index (Phi) is 9.71. The molecule has 0 fully saturated rings. The lowest BCUT2D eigenvalue weighted by atomic mass is 10.2. The number of hydrogen-bond donors (Lipinski definition) is 5. The summed E-state index contributed by atoms with van der Waals surface area (Å²) in [6.45, 7) is -0.416. The van der Waals surface area contributed by atoms with Crippen molar-refractivity contribution in [3.8, 4) is 0 Å². The number of benzene rings is 1. The van der Waals surface area contributed by atoms with E-state index in [1.807, 2.05) is 12.1 Å². The first kappa shape index (κ1) is 29.9. The van der Waals surface area contributed by atoms with Gasteiger partial charge in [-0.15, -0.1) is 0 Å². The maximum Gasteiger partial charge on any atom is 0.340 e. The molecule has 2 heterocycles. The third-order valence-electron chi connectivity index (χ3n) is 5.18. The van der Waals surface area contributed by atoms with Crippen molar-refractivity contribution in [3.63, 3.8) is 0 Å². The second-order valence-electron chi connectivity index (χ2n) is 8.01. The van der Waals surface area contributed by atoms with Crippen molar-refractivity contribution >= 4 is 55.2 Å². The lowest BCUT2D eigenvalue weighted by Crippen LogP contribution is -2.39. The maximum atomic E-state index is 11.9. The molecule has 0 bridgehead atoms. The Morgan fingerprint density at radius 1 is 1.14 bits per heavy atom. The minimum absolute atomic E-state index is 0.0673. The monoisotopic (exact) mass is 599 g/mol. The highest BCUT2D eigenvalue weighted by Crippen LogP contribution is 2.55. The van der Waals surface area contributed by atoms with Crippen LogP contribution in [-0.2, 0) is 24.9 Å². The van der Waals surface area contributed by atoms with Crippen LogP contribution < -0.4 is 4.90 Å². The molecule has 1 unspecified atom stereocenters. The van der Waals surface area contributed by atoms with Crippen LogP contribution in [0.3, 0.4) is 0 Å². The normalized spacial score (nSPS) is 16.4. The van der Waals surface area contributed by atoms with Crippen LogP contribution in [0.5, 0.6) is 0 Å². The van der Waals surface area contributed by atoms with Gasteiger partial charge in [0.25, 0.3) is 0 Å². The number of aliphatic hydroxyl groups excluding tert-OH is 2. The number of anilines is 1. The molecule has 14 nitrogen and oxygen atoms in total. The molecule has 0 aliphatic heterocycles. The average Bonchev–Trinajstić information content (AvgIpc) is 3.21. The summed E-state index contributed by atoms with van der Waals surface area (Å²) in [4.78, 5) is 37.6. The van der Waals surface area contributed by atoms with E-state index in [4.69, 9.17) is 42.2 Å². The summed E-state index contributed by atoms with van der Waals surface area (Å²) < 4.78 is 33.6. The standard InChI is InChI=1S/C19H25Cl2N5O9P2/c1-25(8-11-5-3-4-6-13(11)20)16-12-7-22-26(17(12)24-19(21)23-16)18(28)15(27)14(34-2)9-35-37(32,33)10-36(29,30)31/h3-7,14-15,18,27-28H,8-10H2,1-2H3,(H,32,33)(H2,29,30,31)/t14-,15-,18-/m1/s1. The van der Waals surface area contributed by atoms with Gasteiger partial charge in [-0.25, -0.2) is 4.68 Å². The molecule has 0 spiro atoms. The quantitative estimate of drug-likeness (QED) is 0.149. The Labute approximate surface area is 221 Å². The number of rotatable bonds is 12. The molecule has 204 valence electrons. The Balaban J connectivity index is 1.84. The number of hydrogen-bond acceptors (Lipinski definition) is 10. The number of aromatic nitrogens is 4. The molecule has 4 atom stereocenters. The van der Waals surface area contributed by atoms with Gasteiger partial charge in [-0.3, -0.25) is 9.13 Å². The molecule has 37 heavy (non-hydrogen) atoms. The molecule has 5 N–H and O–H groups in total. The first-order valence-electron chi connectivity index (χ1n) is 10.5. The largest absolute Gasteiger partial charge is 0.386 e. The first-order chi connectivity index (χ1) is 17.2. The van der Waals surface area contributed by atoms with Crippen molar-refractivity contribution in [1.82, 2.24) is 19.7 Å². The second kappa shape index (κ2) is 12.0. The maximum absolute atomic E-state index is 11.9. The van der Waals surface area contributed by atoms with Crippen LogP contribution >= 0.6 is 38.4 Å². The van der Waals surface area contributed by atoms with Crippen LogP contribution in [0, 0.1) is 0 Å². The fourth-order valence-corrected chi connectivity index (χ4v) is 6.36. The van der Waals surface area contributed by atoms with Gasteiger partial charge in [-0.2, -0.15) is 15.1 Å². The fraction of sp³-hybridized carbons (Fsp3) is 0.421. The van der Waals surface area contributed by atoms with Gasteiger partial charge in [0, 0.05) is 25.7 Å². The van der Waals surface area contributed by atoms with Gasteiger partial charge in [0.2, 0.25) is 5.28 Å². The van der Waals surface area contributed by atoms with Crippen LogP contribution in [0.4, 0.5) is 5.82 Å². The van der Waals surface area contributed by atoms with Crippen LogP contribution in [-0.4, -0.2) is 83.5 Å². The van der Waals surface area contributed by atoms with Crippen LogP contribution in [0.2, 0.25) is 10.3 Å². The van der Waals surface area contributed by atoms with Gasteiger partial charge < -0.3 is 39.1 Å². The van der Waals surface area contributed by atoms with E-state index in [1.165, 1.54) is 6.20 Å². The smallest absolute Gasteiger partial charge is 0.340 e. The summed E-state index contributed by atoms with van der Waals surface area (Å²) >= 11 is 12.4. The summed E-state index contributed by atoms with van der Waals surface area (Å²) in [5.74, 6) is -1.05. The van der Waals surface area contributed by atoms with E-state index in [1.54, 1.807) is 24.1 Å². The number of methoxy groups -OCH3 is 1. The Morgan fingerprint density at radius 3 is 2.43 bits per heavy atom. The summed E-state index contributed by atoms with van der Waals surface area (Å²) in [5, 5.41) is 26.3. The van der Waals surface area contributed by atoms with E-state index in [2.05, 4.69) is 15.1 Å². The van der Waals surface area contributed by atoms with E-state index in [0.29, 0.717) is 22.8 Å². The molecule has 1 aromatic carbocycles. The van der Waals surface area contributed by atoms with Crippen molar-refractivity contribution in [1.29, 1.82) is 0 Å². The number of nitrogens with zero attached hydrogens (tertiary/aromatic N) is 5. The molecule has 2 aromatic heterocycles. The highest BCUT2D eigenvalue weighted by molar-refractivity contribution is 7.70. The van der Waals surface area contributed by atoms with E-state index in [9.17, 15) is 24.2 Å². The predicted molar refractivity (Wildman–Crippen MR) is 135 cm³/mol. The van der Waals surface area contributed by atoms with Gasteiger partial charge in [0.05, 0.1) is 18.2 Å². The molecular weight excluding hydrogens is 575 g/mol. The molecule has 3 rings (SSSR count). The zero-order valence-corrected chi connectivity index (χ0v) is 22.8. The number of aliphatic hydroxyl groups is 2. The zero-order valence-electron chi connectivity index (χ0n) is 19.5. The predicted octanol–water partition coefficient (Wildman–Crippen LogP) is 1.97. The Hall–Kier alpha value is -1.67. The highest BCUT2D eigenvalue weighted by Gasteiger charge is 2.35. The molecule has 18 heteroatoms. The van der Waals surface area contributed by atoms with E-state index in [-0.39, 0.29) is 10.9 Å². The third-order valence-corrected chi connectivity index (χ3v) is 9.17. The van der Waals surface area contributed by atoms with Crippen molar-refractivity contribution in [2.45, 2.75) is 25.0 Å². The minimum atomic E-state index is -4.85. The Bertz CT molecular complexity index is 1340. The van der Waals surface area contributed by atoms with Crippen LogP contribution in [0.1, 0.15) is 11.8 Å². The molecule has 0 saturated heterocycles. The first-order valence-corrected chi connectivity index (χ1v) is 14.8. The van der Waals surface area contributed by atoms with Gasteiger partial charge >= 0.3 is 15.2 Å². The molecule has 0 saturated carbocycles. The lowest BCUT2D eigenvalue weighted by Gasteiger charge is -2.26. The van der Waals surface area contributed by atoms with Gasteiger partial charge in [-0.1, -0.05) is 29.8 Å². The fourth-order valence-electron chi connectivity index (χ4n) is 3.43. The van der Waals surface area contributed by atoms with Crippen molar-refractivity contribution in [3.05, 3.63) is 46.3 Å². The molecule has 0 aliphatic rings. The summed E-state index contributed by atoms with van der Waals surface area (Å²) in [6.07, 6.45) is -3.61. The van der Waals surface area contributed by atoms with Gasteiger partial charge in [0.15, 0.2) is 17.8 Å². The van der Waals surface area contributed by atoms with Crippen LogP contribution in [0.15, 0.2) is 30.5 Å². The van der Waals surface area contributed by atoms with Gasteiger partial charge in [-0.05, 0) is 23.2 Å². The summed E-state index contributed by atoms with van der Waals surface area (Å²) in [6, 6.07) is 7.24. The molecule has 0 aliphatic carbocycles. The van der Waals surface area contributed by atoms with E-state index < -0.39 is 46.1 Å². The van der Waals surface area contributed by atoms with Crippen molar-refractivity contribution in [2.24, 2.45) is 0 Å². The van der Waals surface area contributed by atoms with Gasteiger partial charge in [0.1, 0.15) is 18.0 Å².